The number of hydrogen-bond donors (Lipinski definition) is 3. The lowest BCUT2D eigenvalue weighted by Crippen LogP contribution is -2.42. The number of benzene rings is 2. The van der Waals surface area contributed by atoms with E-state index in [1.807, 2.05) is 41.3 Å². The minimum absolute atomic E-state index is 0.0588. The standard InChI is InChI=1S/C32H36ClN5O3/c1-21(39)35-13-15-38-29-6-2-5-28(33)27(29)18-30(38)25-4-3-14-37(20-25)32(41)17-26(34)16-22-7-9-23(10-8-22)24-11-12-31(40)36-19-24/h2,5-12,18-19,25-26H,3-4,13-17,20,34H2,1H3,(H,35,39)(H,36,40). The molecule has 0 radical (unpaired) electrons. The van der Waals surface area contributed by atoms with E-state index < -0.39 is 0 Å². The number of nitrogens with zero attached hydrogens (tertiary/aromatic N) is 2. The number of nitrogens with two attached hydrogens (primary N) is 1. The molecule has 4 aromatic rings. The summed E-state index contributed by atoms with van der Waals surface area (Å²) in [7, 11) is 0. The van der Waals surface area contributed by atoms with E-state index in [1.165, 1.54) is 13.0 Å². The van der Waals surface area contributed by atoms with Crippen LogP contribution in [-0.2, 0) is 22.6 Å². The number of fused-ring (bicyclic) bond motifs is 1. The first-order chi connectivity index (χ1) is 19.8. The number of carbonyl (C=O) groups is 2. The van der Waals surface area contributed by atoms with Crippen LogP contribution in [0.4, 0.5) is 0 Å². The molecule has 1 fully saturated rings. The summed E-state index contributed by atoms with van der Waals surface area (Å²) in [6.45, 7) is 4.03. The molecule has 8 nitrogen and oxygen atoms in total. The van der Waals surface area contributed by atoms with Gasteiger partial charge in [0.2, 0.25) is 17.4 Å². The van der Waals surface area contributed by atoms with E-state index in [9.17, 15) is 14.4 Å². The fourth-order valence-electron chi connectivity index (χ4n) is 5.80. The van der Waals surface area contributed by atoms with Gasteiger partial charge in [-0.2, -0.15) is 0 Å². The summed E-state index contributed by atoms with van der Waals surface area (Å²) >= 11 is 6.54. The number of H-pyrrole nitrogens is 1. The van der Waals surface area contributed by atoms with E-state index >= 15 is 0 Å². The van der Waals surface area contributed by atoms with Crippen LogP contribution in [0, 0.1) is 0 Å². The zero-order chi connectivity index (χ0) is 28.9. The molecule has 4 N–H and O–H groups in total. The summed E-state index contributed by atoms with van der Waals surface area (Å²) in [6.07, 6.45) is 4.48. The number of carbonyl (C=O) groups excluding carboxylic acids is 2. The number of likely N-dealkylation sites (tertiary alicyclic amines) is 1. The Balaban J connectivity index is 1.23. The van der Waals surface area contributed by atoms with Crippen LogP contribution < -0.4 is 16.6 Å². The minimum atomic E-state index is -0.287. The molecule has 5 rings (SSSR count). The van der Waals surface area contributed by atoms with E-state index in [4.69, 9.17) is 17.3 Å². The van der Waals surface area contributed by atoms with Gasteiger partial charge < -0.3 is 25.5 Å². The number of rotatable bonds is 9. The molecule has 0 saturated carbocycles. The Morgan fingerprint density at radius 2 is 1.90 bits per heavy atom. The molecule has 2 unspecified atom stereocenters. The molecule has 2 amide bonds. The summed E-state index contributed by atoms with van der Waals surface area (Å²) < 4.78 is 2.23. The highest BCUT2D eigenvalue weighted by Gasteiger charge is 2.28. The van der Waals surface area contributed by atoms with Crippen LogP contribution in [0.3, 0.4) is 0 Å². The molecule has 9 heteroatoms. The Morgan fingerprint density at radius 1 is 1.12 bits per heavy atom. The number of aromatic amines is 1. The molecule has 2 atom stereocenters. The second-order valence-corrected chi connectivity index (χ2v) is 11.3. The van der Waals surface area contributed by atoms with Gasteiger partial charge in [0.15, 0.2) is 0 Å². The van der Waals surface area contributed by atoms with Gasteiger partial charge >= 0.3 is 0 Å². The van der Waals surface area contributed by atoms with Crippen molar-refractivity contribution in [2.24, 2.45) is 5.73 Å². The van der Waals surface area contributed by atoms with Gasteiger partial charge in [-0.25, -0.2) is 0 Å². The van der Waals surface area contributed by atoms with E-state index in [0.717, 1.165) is 52.7 Å². The lowest BCUT2D eigenvalue weighted by molar-refractivity contribution is -0.132. The van der Waals surface area contributed by atoms with Crippen LogP contribution in [0.2, 0.25) is 5.02 Å². The fourth-order valence-corrected chi connectivity index (χ4v) is 6.02. The Hall–Kier alpha value is -3.88. The van der Waals surface area contributed by atoms with Gasteiger partial charge in [0.05, 0.1) is 0 Å². The number of hydrogen-bond acceptors (Lipinski definition) is 4. The normalized spacial score (nSPS) is 16.1. The van der Waals surface area contributed by atoms with Gasteiger partial charge in [0, 0.05) is 85.4 Å². The second-order valence-electron chi connectivity index (χ2n) is 10.9. The third-order valence-corrected chi connectivity index (χ3v) is 8.16. The average Bonchev–Trinajstić information content (AvgIpc) is 3.33. The Bertz CT molecular complexity index is 1570. The van der Waals surface area contributed by atoms with Crippen LogP contribution in [0.1, 0.15) is 43.4 Å². The third kappa shape index (κ3) is 6.89. The zero-order valence-corrected chi connectivity index (χ0v) is 24.0. The predicted octanol–water partition coefficient (Wildman–Crippen LogP) is 4.45. The minimum Gasteiger partial charge on any atom is -0.355 e. The monoisotopic (exact) mass is 573 g/mol. The second kappa shape index (κ2) is 12.7. The molecule has 1 aliphatic rings. The molecule has 2 aromatic heterocycles. The Morgan fingerprint density at radius 3 is 2.63 bits per heavy atom. The number of amides is 2. The number of aromatic nitrogens is 2. The summed E-state index contributed by atoms with van der Waals surface area (Å²) in [5, 5.41) is 4.58. The molecule has 1 saturated heterocycles. The van der Waals surface area contributed by atoms with Crippen molar-refractivity contribution in [2.45, 2.75) is 51.1 Å². The maximum Gasteiger partial charge on any atom is 0.247 e. The van der Waals surface area contributed by atoms with E-state index in [0.29, 0.717) is 31.1 Å². The summed E-state index contributed by atoms with van der Waals surface area (Å²) in [5.74, 6) is 0.188. The van der Waals surface area contributed by atoms with Crippen molar-refractivity contribution < 1.29 is 9.59 Å². The SMILES string of the molecule is CC(=O)NCCn1c(C2CCCN(C(=O)CC(N)Cc3ccc(-c4ccc(=O)[nH]c4)cc3)C2)cc2c(Cl)cccc21. The van der Waals surface area contributed by atoms with Crippen molar-refractivity contribution >= 4 is 34.3 Å². The fraction of sp³-hybridized carbons (Fsp3) is 0.344. The molecular weight excluding hydrogens is 538 g/mol. The Kier molecular flexibility index (Phi) is 8.90. The molecule has 0 bridgehead atoms. The first-order valence-corrected chi connectivity index (χ1v) is 14.5. The maximum absolute atomic E-state index is 13.3. The summed E-state index contributed by atoms with van der Waals surface area (Å²) in [6, 6.07) is 19.1. The van der Waals surface area contributed by atoms with Crippen molar-refractivity contribution in [3.05, 3.63) is 93.5 Å². The lowest BCUT2D eigenvalue weighted by Gasteiger charge is -2.34. The van der Waals surface area contributed by atoms with Gasteiger partial charge in [0.1, 0.15) is 0 Å². The van der Waals surface area contributed by atoms with Crippen LogP contribution in [-0.4, -0.2) is 51.9 Å². The third-order valence-electron chi connectivity index (χ3n) is 7.83. The molecular formula is C32H36ClN5O3. The lowest BCUT2D eigenvalue weighted by atomic mass is 9.93. The van der Waals surface area contributed by atoms with Crippen LogP contribution in [0.5, 0.6) is 0 Å². The van der Waals surface area contributed by atoms with Crippen molar-refractivity contribution in [3.63, 3.8) is 0 Å². The molecule has 3 heterocycles. The van der Waals surface area contributed by atoms with Gasteiger partial charge in [0.25, 0.3) is 0 Å². The highest BCUT2D eigenvalue weighted by atomic mass is 35.5. The van der Waals surface area contributed by atoms with E-state index in [2.05, 4.69) is 27.0 Å². The van der Waals surface area contributed by atoms with Gasteiger partial charge in [-0.15, -0.1) is 0 Å². The molecule has 214 valence electrons. The van der Waals surface area contributed by atoms with Crippen molar-refractivity contribution in [2.75, 3.05) is 19.6 Å². The summed E-state index contributed by atoms with van der Waals surface area (Å²) in [5.41, 5.74) is 11.5. The zero-order valence-electron chi connectivity index (χ0n) is 23.2. The largest absolute Gasteiger partial charge is 0.355 e. The first kappa shape index (κ1) is 28.6. The highest BCUT2D eigenvalue weighted by molar-refractivity contribution is 6.35. The van der Waals surface area contributed by atoms with Crippen molar-refractivity contribution in [1.29, 1.82) is 0 Å². The van der Waals surface area contributed by atoms with Crippen molar-refractivity contribution in [1.82, 2.24) is 19.8 Å². The van der Waals surface area contributed by atoms with Gasteiger partial charge in [-0.3, -0.25) is 14.4 Å². The van der Waals surface area contributed by atoms with E-state index in [-0.39, 0.29) is 35.8 Å². The maximum atomic E-state index is 13.3. The predicted molar refractivity (Wildman–Crippen MR) is 163 cm³/mol. The highest BCUT2D eigenvalue weighted by Crippen LogP contribution is 2.34. The topological polar surface area (TPSA) is 113 Å². The smallest absolute Gasteiger partial charge is 0.247 e. The number of pyridine rings is 1. The first-order valence-electron chi connectivity index (χ1n) is 14.1. The summed E-state index contributed by atoms with van der Waals surface area (Å²) in [4.78, 5) is 40.8. The van der Waals surface area contributed by atoms with Crippen LogP contribution >= 0.6 is 11.6 Å². The van der Waals surface area contributed by atoms with Gasteiger partial charge in [-0.1, -0.05) is 41.9 Å². The number of halogens is 1. The molecule has 41 heavy (non-hydrogen) atoms. The van der Waals surface area contributed by atoms with Crippen molar-refractivity contribution in [3.8, 4) is 11.1 Å². The molecule has 0 spiro atoms. The quantitative estimate of drug-likeness (QED) is 0.274. The molecule has 2 aromatic carbocycles. The molecule has 1 aliphatic heterocycles. The van der Waals surface area contributed by atoms with Gasteiger partial charge in [-0.05, 0) is 60.2 Å². The van der Waals surface area contributed by atoms with Crippen LogP contribution in [0.15, 0.2) is 71.7 Å². The number of nitrogens with one attached hydrogen (secondary N) is 2. The number of piperidine rings is 1. The van der Waals surface area contributed by atoms with E-state index in [1.54, 1.807) is 12.3 Å². The Labute approximate surface area is 244 Å². The molecule has 0 aliphatic carbocycles. The average molecular weight is 574 g/mol. The van der Waals surface area contributed by atoms with Crippen LogP contribution in [0.25, 0.3) is 22.0 Å².